The van der Waals surface area contributed by atoms with E-state index in [2.05, 4.69) is 62.4 Å². The Bertz CT molecular complexity index is 1190. The summed E-state index contributed by atoms with van der Waals surface area (Å²) in [6, 6.07) is 18.3. The van der Waals surface area contributed by atoms with Crippen molar-refractivity contribution < 1.29 is 0 Å². The molecule has 126 valence electrons. The van der Waals surface area contributed by atoms with E-state index < -0.39 is 0 Å². The van der Waals surface area contributed by atoms with Gasteiger partial charge in [0.25, 0.3) is 0 Å². The maximum absolute atomic E-state index is 2.39. The predicted molar refractivity (Wildman–Crippen MR) is 114 cm³/mol. The minimum absolute atomic E-state index is 1.21. The topological polar surface area (TPSA) is 0 Å². The van der Waals surface area contributed by atoms with E-state index in [1.54, 1.807) is 5.56 Å². The fourth-order valence-electron chi connectivity index (χ4n) is 5.00. The van der Waals surface area contributed by atoms with Gasteiger partial charge in [0, 0.05) is 20.9 Å². The van der Waals surface area contributed by atoms with Crippen molar-refractivity contribution >= 4 is 22.1 Å². The fourth-order valence-corrected chi connectivity index (χ4v) is 6.25. The molecule has 2 aliphatic rings. The van der Waals surface area contributed by atoms with Crippen LogP contribution >= 0.6 is 11.3 Å². The van der Waals surface area contributed by atoms with Gasteiger partial charge in [0.05, 0.1) is 0 Å². The summed E-state index contributed by atoms with van der Waals surface area (Å²) in [4.78, 5) is 3.01. The molecule has 1 aromatic heterocycles. The molecule has 1 heterocycles. The Morgan fingerprint density at radius 3 is 2.04 bits per heavy atom. The molecule has 4 aromatic rings. The van der Waals surface area contributed by atoms with Crippen LogP contribution < -0.4 is 0 Å². The molecule has 0 bridgehead atoms. The number of unbranched alkanes of at least 4 members (excludes halogenated alkanes) is 1. The summed E-state index contributed by atoms with van der Waals surface area (Å²) in [6.07, 6.45) is 3.74. The summed E-state index contributed by atoms with van der Waals surface area (Å²) in [7, 11) is 0. The van der Waals surface area contributed by atoms with Crippen molar-refractivity contribution in [2.45, 2.75) is 33.1 Å². The largest absolute Gasteiger partial charge is 0.140 e. The van der Waals surface area contributed by atoms with Gasteiger partial charge in [-0.05, 0) is 63.9 Å². The Balaban J connectivity index is 1.70. The molecule has 0 saturated carbocycles. The Hall–Kier alpha value is -2.38. The van der Waals surface area contributed by atoms with Crippen LogP contribution in [0, 0.1) is 6.92 Å². The quantitative estimate of drug-likeness (QED) is 0.304. The van der Waals surface area contributed by atoms with Gasteiger partial charge in [0.2, 0.25) is 0 Å². The zero-order valence-corrected chi connectivity index (χ0v) is 16.0. The van der Waals surface area contributed by atoms with E-state index in [0.717, 1.165) is 0 Å². The van der Waals surface area contributed by atoms with E-state index in [0.29, 0.717) is 0 Å². The van der Waals surface area contributed by atoms with E-state index in [-0.39, 0.29) is 0 Å². The Labute approximate surface area is 158 Å². The van der Waals surface area contributed by atoms with Crippen molar-refractivity contribution in [1.29, 1.82) is 0 Å². The lowest BCUT2D eigenvalue weighted by Gasteiger charge is -2.08. The maximum atomic E-state index is 2.39. The molecule has 6 rings (SSSR count). The SMILES string of the molecule is CCCCc1c(C)sc2c1-c1ccc3c4c(ccc-2c14)-c1ccccc1-3. The van der Waals surface area contributed by atoms with Gasteiger partial charge in [-0.3, -0.25) is 0 Å². The molecule has 0 radical (unpaired) electrons. The molecule has 0 unspecified atom stereocenters. The molecule has 0 saturated heterocycles. The molecule has 1 heteroatoms. The van der Waals surface area contributed by atoms with Crippen molar-refractivity contribution in [2.24, 2.45) is 0 Å². The van der Waals surface area contributed by atoms with Crippen LogP contribution in [0.15, 0.2) is 48.5 Å². The second kappa shape index (κ2) is 5.08. The molecule has 3 aromatic carbocycles. The zero-order chi connectivity index (χ0) is 17.4. The van der Waals surface area contributed by atoms with Gasteiger partial charge in [-0.15, -0.1) is 11.3 Å². The Morgan fingerprint density at radius 2 is 1.35 bits per heavy atom. The molecule has 0 aliphatic heterocycles. The number of hydrogen-bond acceptors (Lipinski definition) is 1. The van der Waals surface area contributed by atoms with E-state index in [1.807, 2.05) is 11.3 Å². The Kier molecular flexibility index (Phi) is 2.88. The molecule has 0 fully saturated rings. The summed E-state index contributed by atoms with van der Waals surface area (Å²) in [5.41, 5.74) is 11.7. The van der Waals surface area contributed by atoms with Crippen molar-refractivity contribution in [1.82, 2.24) is 0 Å². The summed E-state index contributed by atoms with van der Waals surface area (Å²) < 4.78 is 0. The highest BCUT2D eigenvalue weighted by molar-refractivity contribution is 7.16. The monoisotopic (exact) mass is 352 g/mol. The number of rotatable bonds is 3. The van der Waals surface area contributed by atoms with Gasteiger partial charge in [-0.2, -0.15) is 0 Å². The highest BCUT2D eigenvalue weighted by atomic mass is 32.1. The minimum atomic E-state index is 1.21. The van der Waals surface area contributed by atoms with E-state index in [4.69, 9.17) is 0 Å². The third kappa shape index (κ3) is 1.65. The minimum Gasteiger partial charge on any atom is -0.140 e. The van der Waals surface area contributed by atoms with Crippen LogP contribution in [0.4, 0.5) is 0 Å². The fraction of sp³-hybridized carbons (Fsp3) is 0.200. The van der Waals surface area contributed by atoms with Crippen molar-refractivity contribution in [3.05, 3.63) is 59.0 Å². The lowest BCUT2D eigenvalue weighted by molar-refractivity contribution is 0.795. The standard InChI is InChI=1S/C25H20S/c1-3-4-7-15-14(2)26-25-21-13-11-19-17-9-6-5-8-16(17)18-10-12-20(24(15)25)23(21)22(18)19/h5-6,8-13H,3-4,7H2,1-2H3. The van der Waals surface area contributed by atoms with Crippen molar-refractivity contribution in [3.8, 4) is 43.8 Å². The van der Waals surface area contributed by atoms with Crippen LogP contribution in [0.5, 0.6) is 0 Å². The summed E-state index contributed by atoms with van der Waals surface area (Å²) in [6.45, 7) is 4.59. The first-order valence-electron chi connectivity index (χ1n) is 9.62. The van der Waals surface area contributed by atoms with Crippen molar-refractivity contribution in [3.63, 3.8) is 0 Å². The summed E-state index contributed by atoms with van der Waals surface area (Å²) >= 11 is 2.00. The van der Waals surface area contributed by atoms with Gasteiger partial charge in [-0.1, -0.05) is 61.9 Å². The molecular weight excluding hydrogens is 332 g/mol. The molecule has 26 heavy (non-hydrogen) atoms. The maximum Gasteiger partial charge on any atom is 0.0433 e. The van der Waals surface area contributed by atoms with Gasteiger partial charge in [0.15, 0.2) is 0 Å². The second-order valence-electron chi connectivity index (χ2n) is 7.56. The van der Waals surface area contributed by atoms with Crippen LogP contribution in [-0.2, 0) is 6.42 Å². The zero-order valence-electron chi connectivity index (χ0n) is 15.1. The molecule has 0 atom stereocenters. The number of aryl methyl sites for hydroxylation is 1. The predicted octanol–water partition coefficient (Wildman–Crippen LogP) is 7.85. The van der Waals surface area contributed by atoms with Crippen LogP contribution in [0.1, 0.15) is 30.2 Å². The van der Waals surface area contributed by atoms with E-state index in [9.17, 15) is 0 Å². The average Bonchev–Trinajstić information content (AvgIpc) is 3.27. The summed E-state index contributed by atoms with van der Waals surface area (Å²) in [5.74, 6) is 0. The van der Waals surface area contributed by atoms with Gasteiger partial charge >= 0.3 is 0 Å². The first-order valence-corrected chi connectivity index (χ1v) is 10.4. The van der Waals surface area contributed by atoms with Crippen LogP contribution in [0.3, 0.4) is 0 Å². The molecule has 0 spiro atoms. The second-order valence-corrected chi connectivity index (χ2v) is 8.79. The molecule has 0 N–H and O–H groups in total. The molecule has 2 aliphatic carbocycles. The molecular formula is C25H20S. The van der Waals surface area contributed by atoms with E-state index >= 15 is 0 Å². The number of fused-ring (bicyclic) bond motifs is 6. The number of hydrogen-bond donors (Lipinski definition) is 0. The van der Waals surface area contributed by atoms with Crippen LogP contribution in [0.25, 0.3) is 54.6 Å². The van der Waals surface area contributed by atoms with Gasteiger partial charge in [0.1, 0.15) is 0 Å². The van der Waals surface area contributed by atoms with Gasteiger partial charge in [-0.25, -0.2) is 0 Å². The summed E-state index contributed by atoms with van der Waals surface area (Å²) in [5, 5.41) is 2.97. The van der Waals surface area contributed by atoms with Gasteiger partial charge < -0.3 is 0 Å². The van der Waals surface area contributed by atoms with Crippen LogP contribution in [0.2, 0.25) is 0 Å². The van der Waals surface area contributed by atoms with Crippen molar-refractivity contribution in [2.75, 3.05) is 0 Å². The highest BCUT2D eigenvalue weighted by Crippen LogP contribution is 2.58. The van der Waals surface area contributed by atoms with E-state index in [1.165, 1.54) is 78.7 Å². The highest BCUT2D eigenvalue weighted by Gasteiger charge is 2.31. The number of thiophene rings is 1. The lowest BCUT2D eigenvalue weighted by Crippen LogP contribution is -1.88. The van der Waals surface area contributed by atoms with Crippen LogP contribution in [-0.4, -0.2) is 0 Å². The normalized spacial score (nSPS) is 12.7. The lowest BCUT2D eigenvalue weighted by atomic mass is 9.95. The first kappa shape index (κ1) is 14.8. The number of benzene rings is 3. The first-order chi connectivity index (χ1) is 12.8. The third-order valence-electron chi connectivity index (χ3n) is 6.17. The molecule has 0 nitrogen and oxygen atoms in total. The molecule has 0 amide bonds. The smallest absolute Gasteiger partial charge is 0.0433 e. The average molecular weight is 353 g/mol. The third-order valence-corrected chi connectivity index (χ3v) is 7.35. The Morgan fingerprint density at radius 1 is 0.731 bits per heavy atom.